The zero-order valence-electron chi connectivity index (χ0n) is 11.1. The Morgan fingerprint density at radius 3 is 2.81 bits per heavy atom. The molecule has 6 heteroatoms. The van der Waals surface area contributed by atoms with Gasteiger partial charge in [0.1, 0.15) is 0 Å². The highest BCUT2D eigenvalue weighted by Gasteiger charge is 2.13. The fourth-order valence-electron chi connectivity index (χ4n) is 2.13. The zero-order chi connectivity index (χ0) is 14.7. The van der Waals surface area contributed by atoms with Gasteiger partial charge in [0.2, 0.25) is 0 Å². The maximum atomic E-state index is 12.4. The standard InChI is InChI=1S/C15H13N3OS2/c19-13(17-14(20)18-15-16-8-9-21-15)12-7-3-5-10-4-1-2-6-11(10)12/h1-7H,8-9H2,(H2,16,17,18,19,20). The van der Waals surface area contributed by atoms with Crippen LogP contribution in [-0.2, 0) is 0 Å². The molecule has 2 aromatic carbocycles. The second-order valence-corrected chi connectivity index (χ2v) is 5.96. The Labute approximate surface area is 132 Å². The van der Waals surface area contributed by atoms with Gasteiger partial charge in [0.05, 0.1) is 6.54 Å². The Morgan fingerprint density at radius 1 is 1.19 bits per heavy atom. The summed E-state index contributed by atoms with van der Waals surface area (Å²) < 4.78 is 0. The Balaban J connectivity index is 1.76. The highest BCUT2D eigenvalue weighted by molar-refractivity contribution is 8.14. The van der Waals surface area contributed by atoms with Crippen LogP contribution in [0.5, 0.6) is 0 Å². The summed E-state index contributed by atoms with van der Waals surface area (Å²) in [5.74, 6) is 0.732. The van der Waals surface area contributed by atoms with Crippen molar-refractivity contribution in [2.75, 3.05) is 12.3 Å². The van der Waals surface area contributed by atoms with Gasteiger partial charge >= 0.3 is 0 Å². The lowest BCUT2D eigenvalue weighted by Gasteiger charge is -2.10. The molecular formula is C15H13N3OS2. The number of thioether (sulfide) groups is 1. The van der Waals surface area contributed by atoms with Gasteiger partial charge in [0.15, 0.2) is 10.3 Å². The third-order valence-corrected chi connectivity index (χ3v) is 4.16. The Kier molecular flexibility index (Phi) is 4.17. The van der Waals surface area contributed by atoms with Crippen LogP contribution in [0.15, 0.2) is 47.5 Å². The van der Waals surface area contributed by atoms with Crippen molar-refractivity contribution in [2.24, 2.45) is 4.99 Å². The summed E-state index contributed by atoms with van der Waals surface area (Å²) in [6, 6.07) is 13.4. The number of rotatable bonds is 1. The first-order valence-corrected chi connectivity index (χ1v) is 7.91. The van der Waals surface area contributed by atoms with Crippen molar-refractivity contribution in [3.63, 3.8) is 0 Å². The number of carbonyl (C=O) groups is 1. The lowest BCUT2D eigenvalue weighted by Crippen LogP contribution is -2.41. The number of thiocarbonyl (C=S) groups is 1. The number of aliphatic imine (C=N–C) groups is 1. The summed E-state index contributed by atoms with van der Waals surface area (Å²) in [6.07, 6.45) is 0. The van der Waals surface area contributed by atoms with Crippen LogP contribution in [0.3, 0.4) is 0 Å². The van der Waals surface area contributed by atoms with E-state index in [4.69, 9.17) is 12.2 Å². The molecule has 0 aliphatic carbocycles. The van der Waals surface area contributed by atoms with Crippen molar-refractivity contribution >= 4 is 50.9 Å². The number of hydrogen-bond donors (Lipinski definition) is 2. The average molecular weight is 315 g/mol. The SMILES string of the molecule is O=C(NC(=S)NC1=NCCS1)c1cccc2ccccc12. The number of nitrogens with zero attached hydrogens (tertiary/aromatic N) is 1. The van der Waals surface area contributed by atoms with E-state index in [-0.39, 0.29) is 11.0 Å². The lowest BCUT2D eigenvalue weighted by molar-refractivity contribution is 0.0978. The molecule has 1 aliphatic rings. The first-order valence-electron chi connectivity index (χ1n) is 6.51. The van der Waals surface area contributed by atoms with Crippen molar-refractivity contribution in [1.29, 1.82) is 0 Å². The molecule has 106 valence electrons. The van der Waals surface area contributed by atoms with Crippen molar-refractivity contribution < 1.29 is 4.79 Å². The lowest BCUT2D eigenvalue weighted by atomic mass is 10.0. The van der Waals surface area contributed by atoms with E-state index in [1.54, 1.807) is 17.8 Å². The van der Waals surface area contributed by atoms with Crippen LogP contribution in [-0.4, -0.2) is 28.5 Å². The number of benzene rings is 2. The number of fused-ring (bicyclic) bond motifs is 1. The van der Waals surface area contributed by atoms with Gasteiger partial charge in [-0.3, -0.25) is 15.1 Å². The smallest absolute Gasteiger partial charge is 0.258 e. The minimum Gasteiger partial charge on any atom is -0.312 e. The van der Waals surface area contributed by atoms with Gasteiger partial charge in [0.25, 0.3) is 5.91 Å². The van der Waals surface area contributed by atoms with Crippen LogP contribution >= 0.6 is 24.0 Å². The molecule has 21 heavy (non-hydrogen) atoms. The maximum absolute atomic E-state index is 12.4. The predicted molar refractivity (Wildman–Crippen MR) is 91.9 cm³/mol. The number of hydrogen-bond acceptors (Lipinski definition) is 4. The topological polar surface area (TPSA) is 53.5 Å². The van der Waals surface area contributed by atoms with Crippen LogP contribution in [0.25, 0.3) is 10.8 Å². The normalized spacial score (nSPS) is 13.8. The summed E-state index contributed by atoms with van der Waals surface area (Å²) in [4.78, 5) is 16.6. The van der Waals surface area contributed by atoms with E-state index in [1.165, 1.54) is 0 Å². The van der Waals surface area contributed by atoms with Gasteiger partial charge in [0, 0.05) is 11.3 Å². The Hall–Kier alpha value is -1.92. The highest BCUT2D eigenvalue weighted by atomic mass is 32.2. The van der Waals surface area contributed by atoms with Crippen molar-refractivity contribution in [3.05, 3.63) is 48.0 Å². The molecule has 3 rings (SSSR count). The van der Waals surface area contributed by atoms with Gasteiger partial charge in [-0.05, 0) is 29.1 Å². The average Bonchev–Trinajstić information content (AvgIpc) is 2.99. The van der Waals surface area contributed by atoms with Crippen LogP contribution in [0.2, 0.25) is 0 Å². The van der Waals surface area contributed by atoms with E-state index in [9.17, 15) is 4.79 Å². The third-order valence-electron chi connectivity index (χ3n) is 3.07. The Bertz CT molecular complexity index is 737. The van der Waals surface area contributed by atoms with E-state index in [0.29, 0.717) is 5.56 Å². The summed E-state index contributed by atoms with van der Waals surface area (Å²) in [7, 11) is 0. The predicted octanol–water partition coefficient (Wildman–Crippen LogP) is 2.55. The summed E-state index contributed by atoms with van der Waals surface area (Å²) in [5, 5.41) is 8.62. The van der Waals surface area contributed by atoms with Crippen LogP contribution in [0.1, 0.15) is 10.4 Å². The largest absolute Gasteiger partial charge is 0.312 e. The molecule has 0 saturated heterocycles. The van der Waals surface area contributed by atoms with Gasteiger partial charge in [-0.1, -0.05) is 48.2 Å². The number of carbonyl (C=O) groups excluding carboxylic acids is 1. The number of amides is 1. The second-order valence-electron chi connectivity index (χ2n) is 4.47. The van der Waals surface area contributed by atoms with E-state index in [2.05, 4.69) is 15.6 Å². The minimum atomic E-state index is -0.215. The fraction of sp³-hybridized carbons (Fsp3) is 0.133. The molecule has 0 spiro atoms. The van der Waals surface area contributed by atoms with Crippen molar-refractivity contribution in [2.45, 2.75) is 0 Å². The first kappa shape index (κ1) is 14.0. The molecule has 0 aromatic heterocycles. The molecule has 1 heterocycles. The molecule has 4 nitrogen and oxygen atoms in total. The van der Waals surface area contributed by atoms with E-state index in [0.717, 1.165) is 28.2 Å². The maximum Gasteiger partial charge on any atom is 0.258 e. The van der Waals surface area contributed by atoms with Gasteiger partial charge < -0.3 is 5.32 Å². The molecule has 0 fully saturated rings. The Morgan fingerprint density at radius 2 is 2.00 bits per heavy atom. The molecular weight excluding hydrogens is 302 g/mol. The van der Waals surface area contributed by atoms with Crippen molar-refractivity contribution in [1.82, 2.24) is 10.6 Å². The van der Waals surface area contributed by atoms with Crippen LogP contribution in [0, 0.1) is 0 Å². The van der Waals surface area contributed by atoms with Gasteiger partial charge in [-0.2, -0.15) is 0 Å². The molecule has 0 atom stereocenters. The second kappa shape index (κ2) is 6.24. The minimum absolute atomic E-state index is 0.215. The molecule has 0 bridgehead atoms. The van der Waals surface area contributed by atoms with E-state index >= 15 is 0 Å². The van der Waals surface area contributed by atoms with E-state index < -0.39 is 0 Å². The number of amidine groups is 1. The van der Waals surface area contributed by atoms with E-state index in [1.807, 2.05) is 36.4 Å². The molecule has 2 N–H and O–H groups in total. The zero-order valence-corrected chi connectivity index (χ0v) is 12.8. The fourth-order valence-corrected chi connectivity index (χ4v) is 3.12. The molecule has 2 aromatic rings. The van der Waals surface area contributed by atoms with Crippen LogP contribution in [0.4, 0.5) is 0 Å². The molecule has 0 radical (unpaired) electrons. The molecule has 1 aliphatic heterocycles. The quantitative estimate of drug-likeness (QED) is 0.794. The summed E-state index contributed by atoms with van der Waals surface area (Å²) >= 11 is 6.75. The molecule has 0 saturated carbocycles. The van der Waals surface area contributed by atoms with Gasteiger partial charge in [-0.25, -0.2) is 0 Å². The monoisotopic (exact) mass is 315 g/mol. The van der Waals surface area contributed by atoms with Crippen LogP contribution < -0.4 is 10.6 Å². The van der Waals surface area contributed by atoms with Crippen molar-refractivity contribution in [3.8, 4) is 0 Å². The molecule has 1 amide bonds. The first-order chi connectivity index (χ1) is 10.2. The van der Waals surface area contributed by atoms with Gasteiger partial charge in [-0.15, -0.1) is 0 Å². The molecule has 0 unspecified atom stereocenters. The number of nitrogens with one attached hydrogen (secondary N) is 2. The summed E-state index contributed by atoms with van der Waals surface area (Å²) in [5.41, 5.74) is 0.610. The third kappa shape index (κ3) is 3.22. The summed E-state index contributed by atoms with van der Waals surface area (Å²) in [6.45, 7) is 0.785. The highest BCUT2D eigenvalue weighted by Crippen LogP contribution is 2.18.